The van der Waals surface area contributed by atoms with Crippen molar-refractivity contribution in [2.45, 2.75) is 40.0 Å². The van der Waals surface area contributed by atoms with Gasteiger partial charge in [-0.15, -0.1) is 0 Å². The van der Waals surface area contributed by atoms with Crippen molar-refractivity contribution >= 4 is 0 Å². The zero-order valence-electron chi connectivity index (χ0n) is 12.8. The van der Waals surface area contributed by atoms with E-state index >= 15 is 0 Å². The van der Waals surface area contributed by atoms with Crippen LogP contribution in [0.1, 0.15) is 37.5 Å². The molecule has 0 aliphatic carbocycles. The predicted octanol–water partition coefficient (Wildman–Crippen LogP) is 4.16. The van der Waals surface area contributed by atoms with Crippen molar-refractivity contribution in [1.82, 2.24) is 0 Å². The normalized spacial score (nSPS) is 10.8. The summed E-state index contributed by atoms with van der Waals surface area (Å²) in [5.41, 5.74) is 4.43. The van der Waals surface area contributed by atoms with Crippen LogP contribution in [0.5, 0.6) is 17.2 Å². The lowest BCUT2D eigenvalue weighted by Gasteiger charge is -2.20. The zero-order valence-corrected chi connectivity index (χ0v) is 12.8. The second-order valence-electron chi connectivity index (χ2n) is 5.12. The van der Waals surface area contributed by atoms with E-state index in [-0.39, 0.29) is 17.2 Å². The van der Waals surface area contributed by atoms with Gasteiger partial charge in [-0.25, -0.2) is 0 Å². The van der Waals surface area contributed by atoms with Gasteiger partial charge in [-0.1, -0.05) is 32.9 Å². The Hall–Kier alpha value is -2.16. The molecule has 0 bridgehead atoms. The Bertz CT molecular complexity index is 660. The highest BCUT2D eigenvalue weighted by molar-refractivity contribution is 5.81. The summed E-state index contributed by atoms with van der Waals surface area (Å²) in [6.45, 7) is 6.09. The van der Waals surface area contributed by atoms with Gasteiger partial charge in [-0.3, -0.25) is 0 Å². The molecule has 2 rings (SSSR count). The minimum Gasteiger partial charge on any atom is -0.508 e. The number of rotatable bonds is 4. The van der Waals surface area contributed by atoms with Gasteiger partial charge in [-0.2, -0.15) is 0 Å². The van der Waals surface area contributed by atoms with Crippen LogP contribution in [0, 0.1) is 0 Å². The van der Waals surface area contributed by atoms with Gasteiger partial charge in [0.25, 0.3) is 0 Å². The molecule has 21 heavy (non-hydrogen) atoms. The van der Waals surface area contributed by atoms with Crippen LogP contribution in [0.25, 0.3) is 11.1 Å². The molecule has 0 unspecified atom stereocenters. The summed E-state index contributed by atoms with van der Waals surface area (Å²) in [5, 5.41) is 30.3. The lowest BCUT2D eigenvalue weighted by molar-refractivity contribution is 0.405. The molecule has 2 aromatic carbocycles. The molecule has 0 aliphatic rings. The molecule has 0 radical (unpaired) electrons. The minimum absolute atomic E-state index is 0.130. The van der Waals surface area contributed by atoms with E-state index in [1.807, 2.05) is 19.9 Å². The first-order chi connectivity index (χ1) is 10.0. The van der Waals surface area contributed by atoms with Gasteiger partial charge >= 0.3 is 0 Å². The average molecular weight is 286 g/mol. The molecule has 0 spiro atoms. The summed E-state index contributed by atoms with van der Waals surface area (Å²) in [5.74, 6) is -0.0168. The third kappa shape index (κ3) is 2.56. The fourth-order valence-corrected chi connectivity index (χ4v) is 2.95. The molecule has 0 fully saturated rings. The molecule has 2 aromatic rings. The molecule has 0 aromatic heterocycles. The van der Waals surface area contributed by atoms with E-state index in [9.17, 15) is 15.3 Å². The van der Waals surface area contributed by atoms with E-state index in [4.69, 9.17) is 0 Å². The Labute approximate surface area is 125 Å². The molecule has 3 N–H and O–H groups in total. The van der Waals surface area contributed by atoms with Crippen molar-refractivity contribution in [2.24, 2.45) is 0 Å². The second-order valence-corrected chi connectivity index (χ2v) is 5.12. The van der Waals surface area contributed by atoms with Crippen LogP contribution in [0.15, 0.2) is 24.3 Å². The lowest BCUT2D eigenvalue weighted by atomic mass is 9.86. The Morgan fingerprint density at radius 2 is 1.48 bits per heavy atom. The first-order valence-corrected chi connectivity index (χ1v) is 7.42. The van der Waals surface area contributed by atoms with Crippen molar-refractivity contribution in [2.75, 3.05) is 0 Å². The largest absolute Gasteiger partial charge is 0.508 e. The molecule has 0 aliphatic heterocycles. The lowest BCUT2D eigenvalue weighted by Crippen LogP contribution is -2.01. The van der Waals surface area contributed by atoms with Crippen LogP contribution in [0.2, 0.25) is 0 Å². The Balaban J connectivity index is 2.88. The van der Waals surface area contributed by atoms with Crippen molar-refractivity contribution in [3.05, 3.63) is 41.0 Å². The van der Waals surface area contributed by atoms with Crippen molar-refractivity contribution in [3.8, 4) is 28.4 Å². The summed E-state index contributed by atoms with van der Waals surface area (Å²) >= 11 is 0. The van der Waals surface area contributed by atoms with Crippen LogP contribution in [-0.2, 0) is 19.3 Å². The molecule has 112 valence electrons. The van der Waals surface area contributed by atoms with Gasteiger partial charge in [0.1, 0.15) is 5.75 Å². The summed E-state index contributed by atoms with van der Waals surface area (Å²) in [4.78, 5) is 0. The molecule has 3 heteroatoms. The van der Waals surface area contributed by atoms with Crippen molar-refractivity contribution in [3.63, 3.8) is 0 Å². The topological polar surface area (TPSA) is 60.7 Å². The van der Waals surface area contributed by atoms with Crippen LogP contribution in [0.3, 0.4) is 0 Å². The van der Waals surface area contributed by atoms with Crippen LogP contribution in [0.4, 0.5) is 0 Å². The maximum Gasteiger partial charge on any atom is 0.165 e. The quantitative estimate of drug-likeness (QED) is 0.740. The number of aryl methyl sites for hydroxylation is 1. The molecular formula is C18H22O3. The van der Waals surface area contributed by atoms with Gasteiger partial charge in [0.15, 0.2) is 11.5 Å². The van der Waals surface area contributed by atoms with E-state index in [1.54, 1.807) is 12.1 Å². The van der Waals surface area contributed by atoms with Crippen molar-refractivity contribution in [1.29, 1.82) is 0 Å². The zero-order chi connectivity index (χ0) is 15.6. The van der Waals surface area contributed by atoms with Gasteiger partial charge in [0.2, 0.25) is 0 Å². The fraction of sp³-hybridized carbons (Fsp3) is 0.333. The van der Waals surface area contributed by atoms with Gasteiger partial charge < -0.3 is 15.3 Å². The molecule has 0 saturated carbocycles. The summed E-state index contributed by atoms with van der Waals surface area (Å²) in [6, 6.07) is 6.77. The average Bonchev–Trinajstić information content (AvgIpc) is 2.49. The smallest absolute Gasteiger partial charge is 0.165 e. The van der Waals surface area contributed by atoms with Gasteiger partial charge in [0, 0.05) is 11.1 Å². The number of para-hydroxylation sites is 1. The Morgan fingerprint density at radius 1 is 0.810 bits per heavy atom. The first kappa shape index (κ1) is 15.2. The van der Waals surface area contributed by atoms with Crippen molar-refractivity contribution < 1.29 is 15.3 Å². The number of hydrogen-bond acceptors (Lipinski definition) is 3. The number of hydrogen-bond donors (Lipinski definition) is 3. The third-order valence-electron chi connectivity index (χ3n) is 3.98. The summed E-state index contributed by atoms with van der Waals surface area (Å²) in [7, 11) is 0. The molecule has 0 amide bonds. The maximum atomic E-state index is 10.3. The highest BCUT2D eigenvalue weighted by Gasteiger charge is 2.20. The van der Waals surface area contributed by atoms with Gasteiger partial charge in [0.05, 0.1) is 0 Å². The second kappa shape index (κ2) is 6.08. The monoisotopic (exact) mass is 286 g/mol. The van der Waals surface area contributed by atoms with Crippen LogP contribution in [-0.4, -0.2) is 15.3 Å². The van der Waals surface area contributed by atoms with Crippen LogP contribution >= 0.6 is 0 Å². The third-order valence-corrected chi connectivity index (χ3v) is 3.98. The summed E-state index contributed by atoms with van der Waals surface area (Å²) < 4.78 is 0. The standard InChI is InChI=1S/C18H22O3/c1-4-11-10-16(20)13(6-3)17(12(11)5-2)14-8-7-9-15(19)18(14)21/h7-10,19-21H,4-6H2,1-3H3. The molecule has 0 atom stereocenters. The number of phenols is 3. The van der Waals surface area contributed by atoms with Crippen LogP contribution < -0.4 is 0 Å². The Morgan fingerprint density at radius 3 is 2.05 bits per heavy atom. The Kier molecular flexibility index (Phi) is 4.41. The predicted molar refractivity (Wildman–Crippen MR) is 85.0 cm³/mol. The minimum atomic E-state index is -0.141. The molecule has 0 heterocycles. The molecular weight excluding hydrogens is 264 g/mol. The summed E-state index contributed by atoms with van der Waals surface area (Å²) in [6.07, 6.45) is 2.28. The van der Waals surface area contributed by atoms with E-state index in [2.05, 4.69) is 6.92 Å². The van der Waals surface area contributed by atoms with E-state index in [1.165, 1.54) is 6.07 Å². The number of aromatic hydroxyl groups is 3. The molecule has 3 nitrogen and oxygen atoms in total. The highest BCUT2D eigenvalue weighted by atomic mass is 16.3. The molecule has 0 saturated heterocycles. The van der Waals surface area contributed by atoms with Gasteiger partial charge in [-0.05, 0) is 48.1 Å². The highest BCUT2D eigenvalue weighted by Crippen LogP contribution is 2.43. The van der Waals surface area contributed by atoms with E-state index in [0.29, 0.717) is 12.0 Å². The first-order valence-electron chi connectivity index (χ1n) is 7.42. The maximum absolute atomic E-state index is 10.3. The van der Waals surface area contributed by atoms with E-state index in [0.717, 1.165) is 35.1 Å². The number of phenolic OH excluding ortho intramolecular Hbond substituents is 3. The fourth-order valence-electron chi connectivity index (χ4n) is 2.95. The number of benzene rings is 2. The van der Waals surface area contributed by atoms with E-state index < -0.39 is 0 Å². The SMILES string of the molecule is CCc1cc(O)c(CC)c(-c2cccc(O)c2O)c1CC.